The van der Waals surface area contributed by atoms with Gasteiger partial charge in [-0.3, -0.25) is 4.79 Å². The second-order valence-corrected chi connectivity index (χ2v) is 3.98. The smallest absolute Gasteiger partial charge is 0.217 e. The van der Waals surface area contributed by atoms with Crippen LogP contribution in [0.2, 0.25) is 0 Å². The molecule has 3 atom stereocenters. The Morgan fingerprint density at radius 1 is 1.36 bits per heavy atom. The van der Waals surface area contributed by atoms with Crippen molar-refractivity contribution in [2.24, 2.45) is 11.8 Å². The van der Waals surface area contributed by atoms with Crippen LogP contribution in [0, 0.1) is 11.8 Å². The molecule has 0 spiro atoms. The average Bonchev–Trinajstić information content (AvgIpc) is 2.45. The van der Waals surface area contributed by atoms with Crippen molar-refractivity contribution in [3.63, 3.8) is 0 Å². The lowest BCUT2D eigenvalue weighted by atomic mass is 9.95. The zero-order valence-electron chi connectivity index (χ0n) is 6.97. The minimum atomic E-state index is 0.141. The first-order valence-corrected chi connectivity index (χ1v) is 4.53. The molecule has 0 aromatic heterocycles. The molecule has 62 valence electrons. The minimum absolute atomic E-state index is 0.141. The van der Waals surface area contributed by atoms with Crippen molar-refractivity contribution >= 4 is 5.91 Å². The number of hydrogen-bond acceptors (Lipinski definition) is 1. The van der Waals surface area contributed by atoms with Gasteiger partial charge in [0.15, 0.2) is 0 Å². The van der Waals surface area contributed by atoms with Gasteiger partial charge in [-0.05, 0) is 31.1 Å². The monoisotopic (exact) mass is 153 g/mol. The summed E-state index contributed by atoms with van der Waals surface area (Å²) < 4.78 is 0. The summed E-state index contributed by atoms with van der Waals surface area (Å²) in [6.45, 7) is 1.62. The summed E-state index contributed by atoms with van der Waals surface area (Å²) in [6.07, 6.45) is 5.35. The van der Waals surface area contributed by atoms with E-state index in [0.29, 0.717) is 6.04 Å². The van der Waals surface area contributed by atoms with Gasteiger partial charge in [0.25, 0.3) is 0 Å². The Labute approximate surface area is 67.4 Å². The first-order valence-electron chi connectivity index (χ1n) is 4.53. The molecular weight excluding hydrogens is 138 g/mol. The van der Waals surface area contributed by atoms with E-state index in [-0.39, 0.29) is 5.91 Å². The Kier molecular flexibility index (Phi) is 1.63. The number of nitrogens with one attached hydrogen (secondary N) is 1. The van der Waals surface area contributed by atoms with Gasteiger partial charge < -0.3 is 5.32 Å². The molecule has 0 aromatic carbocycles. The van der Waals surface area contributed by atoms with E-state index in [0.717, 1.165) is 11.8 Å². The van der Waals surface area contributed by atoms with E-state index in [9.17, 15) is 4.79 Å². The highest BCUT2D eigenvalue weighted by Gasteiger charge is 2.39. The maximum atomic E-state index is 10.8. The third kappa shape index (κ3) is 1.26. The molecule has 2 saturated carbocycles. The maximum absolute atomic E-state index is 10.8. The Morgan fingerprint density at radius 2 is 2.18 bits per heavy atom. The van der Waals surface area contributed by atoms with E-state index >= 15 is 0 Å². The summed E-state index contributed by atoms with van der Waals surface area (Å²) in [6, 6.07) is 0.520. The highest BCUT2D eigenvalue weighted by Crippen LogP contribution is 2.44. The van der Waals surface area contributed by atoms with Gasteiger partial charge in [-0.1, -0.05) is 6.42 Å². The molecule has 0 radical (unpaired) electrons. The summed E-state index contributed by atoms with van der Waals surface area (Å²) in [5, 5.41) is 3.03. The lowest BCUT2D eigenvalue weighted by Crippen LogP contribution is -2.36. The third-order valence-corrected chi connectivity index (χ3v) is 3.13. The van der Waals surface area contributed by atoms with Crippen LogP contribution in [0.4, 0.5) is 0 Å². The topological polar surface area (TPSA) is 29.1 Å². The van der Waals surface area contributed by atoms with E-state index in [2.05, 4.69) is 5.32 Å². The van der Waals surface area contributed by atoms with Crippen LogP contribution in [0.1, 0.15) is 32.6 Å². The molecule has 2 nitrogen and oxygen atoms in total. The predicted octanol–water partition coefficient (Wildman–Crippen LogP) is 1.31. The van der Waals surface area contributed by atoms with Crippen LogP contribution in [-0.4, -0.2) is 11.9 Å². The molecule has 2 heteroatoms. The van der Waals surface area contributed by atoms with Crippen LogP contribution in [-0.2, 0) is 4.79 Å². The number of hydrogen-bond donors (Lipinski definition) is 1. The Morgan fingerprint density at radius 3 is 2.64 bits per heavy atom. The van der Waals surface area contributed by atoms with Crippen molar-refractivity contribution in [2.45, 2.75) is 38.6 Å². The number of carbonyl (C=O) groups is 1. The summed E-state index contributed by atoms with van der Waals surface area (Å²) in [5.41, 5.74) is 0. The van der Waals surface area contributed by atoms with Gasteiger partial charge in [-0.15, -0.1) is 0 Å². The van der Waals surface area contributed by atoms with Crippen molar-refractivity contribution in [3.8, 4) is 0 Å². The van der Waals surface area contributed by atoms with Gasteiger partial charge >= 0.3 is 0 Å². The molecule has 1 N–H and O–H groups in total. The van der Waals surface area contributed by atoms with Crippen LogP contribution in [0.25, 0.3) is 0 Å². The van der Waals surface area contributed by atoms with Gasteiger partial charge in [0.1, 0.15) is 0 Å². The highest BCUT2D eigenvalue weighted by molar-refractivity contribution is 5.73. The first-order chi connectivity index (χ1) is 5.25. The van der Waals surface area contributed by atoms with Gasteiger partial charge in [0.2, 0.25) is 5.91 Å². The highest BCUT2D eigenvalue weighted by atomic mass is 16.1. The van der Waals surface area contributed by atoms with Crippen LogP contribution in [0.15, 0.2) is 0 Å². The van der Waals surface area contributed by atoms with E-state index in [1.54, 1.807) is 6.92 Å². The molecule has 0 unspecified atom stereocenters. The zero-order chi connectivity index (χ0) is 7.84. The van der Waals surface area contributed by atoms with Crippen molar-refractivity contribution in [3.05, 3.63) is 0 Å². The van der Waals surface area contributed by atoms with Crippen LogP contribution in [0.3, 0.4) is 0 Å². The molecule has 2 fully saturated rings. The van der Waals surface area contributed by atoms with Crippen molar-refractivity contribution in [2.75, 3.05) is 0 Å². The largest absolute Gasteiger partial charge is 0.353 e. The van der Waals surface area contributed by atoms with Gasteiger partial charge in [-0.2, -0.15) is 0 Å². The number of amides is 1. The van der Waals surface area contributed by atoms with Gasteiger partial charge in [0.05, 0.1) is 0 Å². The molecule has 0 aromatic rings. The minimum Gasteiger partial charge on any atom is -0.353 e. The van der Waals surface area contributed by atoms with Crippen LogP contribution >= 0.6 is 0 Å². The first kappa shape index (κ1) is 7.14. The molecule has 2 aliphatic rings. The quantitative estimate of drug-likeness (QED) is 0.604. The van der Waals surface area contributed by atoms with Crippen molar-refractivity contribution in [1.29, 1.82) is 0 Å². The van der Waals surface area contributed by atoms with E-state index in [1.165, 1.54) is 25.7 Å². The fourth-order valence-electron chi connectivity index (χ4n) is 2.68. The summed E-state index contributed by atoms with van der Waals surface area (Å²) in [5.74, 6) is 1.88. The number of rotatable bonds is 1. The fraction of sp³-hybridized carbons (Fsp3) is 0.889. The summed E-state index contributed by atoms with van der Waals surface area (Å²) >= 11 is 0. The second-order valence-electron chi connectivity index (χ2n) is 3.98. The third-order valence-electron chi connectivity index (χ3n) is 3.13. The molecule has 2 rings (SSSR count). The lowest BCUT2D eigenvalue weighted by Gasteiger charge is -2.21. The van der Waals surface area contributed by atoms with Crippen LogP contribution < -0.4 is 5.32 Å². The molecule has 2 aliphatic carbocycles. The standard InChI is InChI=1S/C9H15NO/c1-6(11)10-9-5-7-2-3-8(9)4-7/h7-9H,2-5H2,1H3,(H,10,11)/t7-,8+,9-/m1/s1. The second kappa shape index (κ2) is 2.50. The van der Waals surface area contributed by atoms with E-state index in [1.807, 2.05) is 0 Å². The SMILES string of the molecule is CC(=O)N[C@@H]1C[C@@H]2CC[C@H]1C2. The molecule has 0 saturated heterocycles. The molecule has 1 amide bonds. The lowest BCUT2D eigenvalue weighted by molar-refractivity contribution is -0.120. The molecular formula is C9H15NO. The molecule has 11 heavy (non-hydrogen) atoms. The number of fused-ring (bicyclic) bond motifs is 2. The zero-order valence-corrected chi connectivity index (χ0v) is 6.97. The Hall–Kier alpha value is -0.530. The predicted molar refractivity (Wildman–Crippen MR) is 43.1 cm³/mol. The summed E-state index contributed by atoms with van der Waals surface area (Å²) in [7, 11) is 0. The van der Waals surface area contributed by atoms with E-state index < -0.39 is 0 Å². The van der Waals surface area contributed by atoms with Gasteiger partial charge in [-0.25, -0.2) is 0 Å². The summed E-state index contributed by atoms with van der Waals surface area (Å²) in [4.78, 5) is 10.8. The maximum Gasteiger partial charge on any atom is 0.217 e. The molecule has 0 aliphatic heterocycles. The molecule has 0 heterocycles. The van der Waals surface area contributed by atoms with Crippen LogP contribution in [0.5, 0.6) is 0 Å². The number of carbonyl (C=O) groups excluding carboxylic acids is 1. The van der Waals surface area contributed by atoms with E-state index in [4.69, 9.17) is 0 Å². The Bertz CT molecular complexity index is 178. The fourth-order valence-corrected chi connectivity index (χ4v) is 2.68. The van der Waals surface area contributed by atoms with Crippen molar-refractivity contribution < 1.29 is 4.79 Å². The molecule has 2 bridgehead atoms. The Balaban J connectivity index is 1.92. The normalized spacial score (nSPS) is 41.0. The van der Waals surface area contributed by atoms with Gasteiger partial charge in [0, 0.05) is 13.0 Å². The van der Waals surface area contributed by atoms with Crippen molar-refractivity contribution in [1.82, 2.24) is 5.32 Å². The average molecular weight is 153 g/mol.